The van der Waals surface area contributed by atoms with Gasteiger partial charge in [0.2, 0.25) is 11.9 Å². The minimum atomic E-state index is -0.264. The molecule has 0 bridgehead atoms. The number of aromatic nitrogens is 2. The molecular weight excluding hydrogens is 524 g/mol. The van der Waals surface area contributed by atoms with E-state index < -0.39 is 0 Å². The maximum atomic E-state index is 13.0. The first-order valence-corrected chi connectivity index (χ1v) is 14.9. The van der Waals surface area contributed by atoms with Crippen LogP contribution in [0.25, 0.3) is 10.9 Å². The lowest BCUT2D eigenvalue weighted by atomic mass is 9.86. The van der Waals surface area contributed by atoms with E-state index in [0.717, 1.165) is 64.8 Å². The lowest BCUT2D eigenvalue weighted by Gasteiger charge is -2.30. The van der Waals surface area contributed by atoms with Gasteiger partial charge in [0, 0.05) is 43.3 Å². The Hall–Kier alpha value is -4.46. The van der Waals surface area contributed by atoms with E-state index in [2.05, 4.69) is 16.7 Å². The van der Waals surface area contributed by atoms with Crippen LogP contribution in [0.2, 0.25) is 0 Å². The van der Waals surface area contributed by atoms with Crippen LogP contribution in [0, 0.1) is 5.92 Å². The number of carbonyl (C=O) groups is 2. The fourth-order valence-electron chi connectivity index (χ4n) is 6.11. The zero-order valence-corrected chi connectivity index (χ0v) is 24.5. The number of hydrogen-bond acceptors (Lipinski definition) is 6. The Balaban J connectivity index is 0.986. The van der Waals surface area contributed by atoms with Crippen molar-refractivity contribution in [3.63, 3.8) is 0 Å². The first-order valence-electron chi connectivity index (χ1n) is 14.9. The fraction of sp³-hybridized carbons (Fsp3) is 0.353. The van der Waals surface area contributed by atoms with Crippen molar-refractivity contribution in [2.24, 2.45) is 5.92 Å². The van der Waals surface area contributed by atoms with Crippen molar-refractivity contribution >= 4 is 40.2 Å². The van der Waals surface area contributed by atoms with Gasteiger partial charge < -0.3 is 20.4 Å². The number of nitrogens with zero attached hydrogens (tertiary/aromatic N) is 4. The number of rotatable bonds is 8. The summed E-state index contributed by atoms with van der Waals surface area (Å²) in [6, 6.07) is 24.0. The number of para-hydroxylation sites is 1. The molecule has 1 aliphatic carbocycles. The van der Waals surface area contributed by atoms with Crippen LogP contribution >= 0.6 is 0 Å². The van der Waals surface area contributed by atoms with Gasteiger partial charge in [-0.15, -0.1) is 0 Å². The van der Waals surface area contributed by atoms with E-state index in [1.54, 1.807) is 4.90 Å². The third kappa shape index (κ3) is 5.66. The van der Waals surface area contributed by atoms with Crippen molar-refractivity contribution < 1.29 is 9.59 Å². The third-order valence-corrected chi connectivity index (χ3v) is 8.67. The molecule has 2 aliphatic rings. The van der Waals surface area contributed by atoms with Gasteiger partial charge in [0.25, 0.3) is 5.91 Å². The largest absolute Gasteiger partial charge is 0.362 e. The fourth-order valence-corrected chi connectivity index (χ4v) is 6.11. The van der Waals surface area contributed by atoms with Crippen molar-refractivity contribution in [2.75, 3.05) is 35.8 Å². The maximum Gasteiger partial charge on any atom is 0.258 e. The number of benzene rings is 3. The SMILES string of the molecule is CC(C(=O)NC[C@H]1CC[C@@H](Nc2nc(N(C)C)c3ccccc3n2)CC1)c1ccc(N2Cc3ccccc3C2=O)cc1. The molecule has 42 heavy (non-hydrogen) atoms. The second-order valence-electron chi connectivity index (χ2n) is 11.8. The molecular formula is C34H38N6O2. The zero-order valence-electron chi connectivity index (χ0n) is 24.5. The molecule has 3 aromatic carbocycles. The minimum absolute atomic E-state index is 0.0252. The van der Waals surface area contributed by atoms with E-state index in [-0.39, 0.29) is 17.7 Å². The molecule has 8 heteroatoms. The molecule has 2 N–H and O–H groups in total. The summed E-state index contributed by atoms with van der Waals surface area (Å²) >= 11 is 0. The van der Waals surface area contributed by atoms with Crippen LogP contribution in [0.3, 0.4) is 0 Å². The number of fused-ring (bicyclic) bond motifs is 2. The smallest absolute Gasteiger partial charge is 0.258 e. The molecule has 1 fully saturated rings. The van der Waals surface area contributed by atoms with Crippen molar-refractivity contribution in [2.45, 2.75) is 51.1 Å². The zero-order chi connectivity index (χ0) is 29.2. The normalized spacial score (nSPS) is 18.9. The highest BCUT2D eigenvalue weighted by atomic mass is 16.2. The maximum absolute atomic E-state index is 13.0. The highest BCUT2D eigenvalue weighted by Crippen LogP contribution is 2.31. The summed E-state index contributed by atoms with van der Waals surface area (Å²) in [5, 5.41) is 7.80. The second kappa shape index (κ2) is 11.8. The van der Waals surface area contributed by atoms with Gasteiger partial charge in [0.05, 0.1) is 18.0 Å². The van der Waals surface area contributed by atoms with E-state index in [1.807, 2.05) is 92.6 Å². The van der Waals surface area contributed by atoms with Crippen molar-refractivity contribution in [1.82, 2.24) is 15.3 Å². The van der Waals surface area contributed by atoms with E-state index in [1.165, 1.54) is 0 Å². The molecule has 2 amide bonds. The third-order valence-electron chi connectivity index (χ3n) is 8.67. The lowest BCUT2D eigenvalue weighted by Crippen LogP contribution is -2.36. The van der Waals surface area contributed by atoms with Gasteiger partial charge >= 0.3 is 0 Å². The molecule has 1 atom stereocenters. The molecule has 8 nitrogen and oxygen atoms in total. The van der Waals surface area contributed by atoms with E-state index in [0.29, 0.717) is 31.0 Å². The molecule has 216 valence electrons. The van der Waals surface area contributed by atoms with Crippen LogP contribution in [0.5, 0.6) is 0 Å². The summed E-state index contributed by atoms with van der Waals surface area (Å²) in [5.41, 5.74) is 4.55. The molecule has 0 radical (unpaired) electrons. The average molecular weight is 563 g/mol. The second-order valence-corrected chi connectivity index (χ2v) is 11.8. The number of anilines is 3. The van der Waals surface area contributed by atoms with Gasteiger partial charge in [-0.1, -0.05) is 42.5 Å². The van der Waals surface area contributed by atoms with Crippen LogP contribution in [0.15, 0.2) is 72.8 Å². The molecule has 1 aliphatic heterocycles. The topological polar surface area (TPSA) is 90.5 Å². The Morgan fingerprint density at radius 1 is 0.952 bits per heavy atom. The Morgan fingerprint density at radius 3 is 2.40 bits per heavy atom. The number of carbonyl (C=O) groups excluding carboxylic acids is 2. The van der Waals surface area contributed by atoms with Crippen molar-refractivity contribution in [3.05, 3.63) is 89.5 Å². The predicted octanol–water partition coefficient (Wildman–Crippen LogP) is 5.75. The summed E-state index contributed by atoms with van der Waals surface area (Å²) in [6.07, 6.45) is 4.12. The van der Waals surface area contributed by atoms with Gasteiger partial charge in [0.15, 0.2) is 0 Å². The van der Waals surface area contributed by atoms with E-state index in [9.17, 15) is 9.59 Å². The molecule has 1 aromatic heterocycles. The van der Waals surface area contributed by atoms with Gasteiger partial charge in [0.1, 0.15) is 5.82 Å². The summed E-state index contributed by atoms with van der Waals surface area (Å²) in [7, 11) is 4.01. The van der Waals surface area contributed by atoms with Crippen LogP contribution in [-0.4, -0.2) is 48.5 Å². The Labute approximate surface area is 247 Å². The summed E-state index contributed by atoms with van der Waals surface area (Å²) in [6.45, 7) is 3.20. The highest BCUT2D eigenvalue weighted by molar-refractivity contribution is 6.10. The molecule has 6 rings (SSSR count). The van der Waals surface area contributed by atoms with Crippen LogP contribution in [-0.2, 0) is 11.3 Å². The lowest BCUT2D eigenvalue weighted by molar-refractivity contribution is -0.122. The highest BCUT2D eigenvalue weighted by Gasteiger charge is 2.28. The van der Waals surface area contributed by atoms with Crippen molar-refractivity contribution in [3.8, 4) is 0 Å². The van der Waals surface area contributed by atoms with E-state index >= 15 is 0 Å². The van der Waals surface area contributed by atoms with Gasteiger partial charge in [-0.25, -0.2) is 4.98 Å². The van der Waals surface area contributed by atoms with E-state index in [4.69, 9.17) is 9.97 Å². The van der Waals surface area contributed by atoms with Crippen LogP contribution in [0.1, 0.15) is 60.0 Å². The predicted molar refractivity (Wildman–Crippen MR) is 168 cm³/mol. The molecule has 0 saturated heterocycles. The first kappa shape index (κ1) is 27.7. The Kier molecular flexibility index (Phi) is 7.78. The molecule has 2 heterocycles. The Bertz CT molecular complexity index is 1590. The Morgan fingerprint density at radius 2 is 1.67 bits per heavy atom. The van der Waals surface area contributed by atoms with Gasteiger partial charge in [-0.2, -0.15) is 4.98 Å². The molecule has 1 unspecified atom stereocenters. The number of hydrogen-bond donors (Lipinski definition) is 2. The molecule has 1 saturated carbocycles. The number of amides is 2. The van der Waals surface area contributed by atoms with Crippen LogP contribution in [0.4, 0.5) is 17.5 Å². The summed E-state index contributed by atoms with van der Waals surface area (Å²) in [5.74, 6) is 1.84. The monoisotopic (exact) mass is 562 g/mol. The average Bonchev–Trinajstić information content (AvgIpc) is 3.36. The van der Waals surface area contributed by atoms with Crippen molar-refractivity contribution in [1.29, 1.82) is 0 Å². The quantitative estimate of drug-likeness (QED) is 0.284. The first-order chi connectivity index (χ1) is 20.4. The van der Waals surface area contributed by atoms with Gasteiger partial charge in [-0.05, 0) is 80.0 Å². The molecule has 4 aromatic rings. The van der Waals surface area contributed by atoms with Crippen LogP contribution < -0.4 is 20.4 Å². The summed E-state index contributed by atoms with van der Waals surface area (Å²) < 4.78 is 0. The molecule has 0 spiro atoms. The van der Waals surface area contributed by atoms with Gasteiger partial charge in [-0.3, -0.25) is 9.59 Å². The standard InChI is InChI=1S/C34H38N6O2/c1-22(24-14-18-27(19-15-24)40-21-25-8-4-5-9-28(25)33(40)42)32(41)35-20-23-12-16-26(17-13-23)36-34-37-30-11-7-6-10-29(30)31(38-34)39(2)3/h4-11,14-15,18-19,22-23,26H,12-13,16-17,20-21H2,1-3H3,(H,35,41)(H,36,37,38)/t22?,23-,26+. The number of nitrogens with one attached hydrogen (secondary N) is 2. The minimum Gasteiger partial charge on any atom is -0.362 e. The summed E-state index contributed by atoms with van der Waals surface area (Å²) in [4.78, 5) is 39.2.